The van der Waals surface area contributed by atoms with E-state index in [1.807, 2.05) is 25.1 Å². The van der Waals surface area contributed by atoms with E-state index in [9.17, 15) is 14.1 Å². The third-order valence-corrected chi connectivity index (χ3v) is 6.51. The summed E-state index contributed by atoms with van der Waals surface area (Å²) in [5, 5.41) is 3.29. The van der Waals surface area contributed by atoms with Crippen molar-refractivity contribution in [3.63, 3.8) is 0 Å². The highest BCUT2D eigenvalue weighted by molar-refractivity contribution is 9.12. The standard InChI is InChI=1S/C23H23BrFN5O2/c1-14-18(5-3-12-29(14)23(32)19(24)20(26)28-25)15-6-8-17(9-7-15)22(31)30-13-10-16-4-2-11-27-21(16)30/h2-9,12,14,27-28H,10-11,13,26H2,1H3/b20-19-. The molecule has 0 fully saturated rings. The topological polar surface area (TPSA) is 90.7 Å². The molecule has 3 heterocycles. The molecule has 1 unspecified atom stereocenters. The molecule has 0 radical (unpaired) electrons. The maximum absolute atomic E-state index is 13.1. The molecule has 1 aromatic carbocycles. The molecule has 4 N–H and O–H groups in total. The minimum atomic E-state index is -0.471. The van der Waals surface area contributed by atoms with Gasteiger partial charge in [0.15, 0.2) is 0 Å². The van der Waals surface area contributed by atoms with Crippen molar-refractivity contribution in [1.82, 2.24) is 20.7 Å². The summed E-state index contributed by atoms with van der Waals surface area (Å²) in [4.78, 5) is 29.0. The maximum Gasteiger partial charge on any atom is 0.269 e. The van der Waals surface area contributed by atoms with Crippen LogP contribution < -0.4 is 16.6 Å². The Balaban J connectivity index is 1.52. The van der Waals surface area contributed by atoms with E-state index in [4.69, 9.17) is 5.73 Å². The van der Waals surface area contributed by atoms with Gasteiger partial charge in [-0.3, -0.25) is 14.5 Å². The first-order valence-corrected chi connectivity index (χ1v) is 11.0. The van der Waals surface area contributed by atoms with Crippen LogP contribution in [0.5, 0.6) is 0 Å². The van der Waals surface area contributed by atoms with E-state index in [-0.39, 0.29) is 16.4 Å². The van der Waals surface area contributed by atoms with E-state index in [1.165, 1.54) is 10.4 Å². The summed E-state index contributed by atoms with van der Waals surface area (Å²) in [5.41, 5.74) is 10.3. The fraction of sp³-hybridized carbons (Fsp3) is 0.217. The predicted molar refractivity (Wildman–Crippen MR) is 124 cm³/mol. The summed E-state index contributed by atoms with van der Waals surface area (Å²) in [5.74, 6) is -0.0150. The van der Waals surface area contributed by atoms with Gasteiger partial charge < -0.3 is 16.0 Å². The van der Waals surface area contributed by atoms with Crippen molar-refractivity contribution < 1.29 is 14.1 Å². The van der Waals surface area contributed by atoms with Gasteiger partial charge in [0.1, 0.15) is 16.1 Å². The highest BCUT2D eigenvalue weighted by Crippen LogP contribution is 2.30. The second-order valence-electron chi connectivity index (χ2n) is 7.62. The Morgan fingerprint density at radius 3 is 2.75 bits per heavy atom. The van der Waals surface area contributed by atoms with Crippen LogP contribution in [0.4, 0.5) is 4.48 Å². The molecule has 7 nitrogen and oxygen atoms in total. The lowest BCUT2D eigenvalue weighted by Crippen LogP contribution is -2.37. The Hall–Kier alpha value is -3.33. The van der Waals surface area contributed by atoms with Crippen molar-refractivity contribution in [2.24, 2.45) is 5.73 Å². The molecule has 1 atom stereocenters. The Labute approximate surface area is 193 Å². The summed E-state index contributed by atoms with van der Waals surface area (Å²) >= 11 is 3.04. The largest absolute Gasteiger partial charge is 0.383 e. The highest BCUT2D eigenvalue weighted by Gasteiger charge is 2.29. The van der Waals surface area contributed by atoms with Crippen molar-refractivity contribution in [1.29, 1.82) is 0 Å². The Morgan fingerprint density at radius 2 is 2.03 bits per heavy atom. The number of nitrogens with two attached hydrogens (primary N) is 1. The minimum absolute atomic E-state index is 0.0463. The zero-order valence-corrected chi connectivity index (χ0v) is 19.0. The van der Waals surface area contributed by atoms with Gasteiger partial charge in [0.25, 0.3) is 11.8 Å². The SMILES string of the molecule is CC1C(c2ccc(C(=O)N3CCC4=C3NCC=C4)cc2)=CC=CN1C(=O)/C(Br)=C(\N)NF. The zero-order valence-electron chi connectivity index (χ0n) is 17.4. The van der Waals surface area contributed by atoms with Gasteiger partial charge in [0, 0.05) is 24.9 Å². The lowest BCUT2D eigenvalue weighted by atomic mass is 9.95. The van der Waals surface area contributed by atoms with Gasteiger partial charge >= 0.3 is 0 Å². The van der Waals surface area contributed by atoms with Crippen molar-refractivity contribution in [3.05, 3.63) is 87.6 Å². The van der Waals surface area contributed by atoms with E-state index < -0.39 is 11.7 Å². The van der Waals surface area contributed by atoms with Gasteiger partial charge in [-0.05, 0) is 64.2 Å². The molecule has 32 heavy (non-hydrogen) atoms. The van der Waals surface area contributed by atoms with Gasteiger partial charge in [-0.2, -0.15) is 0 Å². The molecule has 9 heteroatoms. The average Bonchev–Trinajstić information content (AvgIpc) is 3.26. The van der Waals surface area contributed by atoms with Crippen LogP contribution in [0.1, 0.15) is 29.3 Å². The zero-order chi connectivity index (χ0) is 22.8. The molecule has 4 rings (SSSR count). The van der Waals surface area contributed by atoms with Gasteiger partial charge in [-0.25, -0.2) is 5.54 Å². The fourth-order valence-electron chi connectivity index (χ4n) is 4.04. The first-order valence-electron chi connectivity index (χ1n) is 10.2. The molecule has 0 saturated heterocycles. The minimum Gasteiger partial charge on any atom is -0.383 e. The third kappa shape index (κ3) is 3.95. The number of rotatable bonds is 4. The number of benzene rings is 1. The number of nitrogens with one attached hydrogen (secondary N) is 2. The second-order valence-corrected chi connectivity index (χ2v) is 8.41. The van der Waals surface area contributed by atoms with Crippen molar-refractivity contribution in [2.45, 2.75) is 19.4 Å². The monoisotopic (exact) mass is 499 g/mol. The molecule has 0 aliphatic carbocycles. The van der Waals surface area contributed by atoms with Crippen LogP contribution in [0.15, 0.2) is 76.5 Å². The van der Waals surface area contributed by atoms with E-state index in [1.54, 1.807) is 29.3 Å². The number of hydrogen-bond acceptors (Lipinski definition) is 5. The van der Waals surface area contributed by atoms with E-state index in [0.717, 1.165) is 29.0 Å². The maximum atomic E-state index is 13.1. The number of nitrogens with zero attached hydrogens (tertiary/aromatic N) is 2. The molecule has 0 aromatic heterocycles. The number of allylic oxidation sites excluding steroid dienone is 3. The lowest BCUT2D eigenvalue weighted by molar-refractivity contribution is -0.124. The lowest BCUT2D eigenvalue weighted by Gasteiger charge is -2.31. The second kappa shape index (κ2) is 9.04. The van der Waals surface area contributed by atoms with E-state index in [2.05, 4.69) is 33.4 Å². The van der Waals surface area contributed by atoms with Crippen LogP contribution in [-0.2, 0) is 4.79 Å². The smallest absolute Gasteiger partial charge is 0.269 e. The number of carbonyl (C=O) groups excluding carboxylic acids is 2. The van der Waals surface area contributed by atoms with E-state index >= 15 is 0 Å². The molecule has 166 valence electrons. The number of carbonyl (C=O) groups is 2. The van der Waals surface area contributed by atoms with Crippen molar-refractivity contribution in [3.8, 4) is 0 Å². The number of hydrogen-bond donors (Lipinski definition) is 3. The fourth-order valence-corrected chi connectivity index (χ4v) is 4.32. The summed E-state index contributed by atoms with van der Waals surface area (Å²) in [6.45, 7) is 3.24. The van der Waals surface area contributed by atoms with Gasteiger partial charge in [0.05, 0.1) is 6.04 Å². The van der Waals surface area contributed by atoms with Crippen LogP contribution in [-0.4, -0.2) is 40.7 Å². The number of amides is 2. The summed E-state index contributed by atoms with van der Waals surface area (Å²) in [6, 6.07) is 7.03. The predicted octanol–water partition coefficient (Wildman–Crippen LogP) is 3.03. The quantitative estimate of drug-likeness (QED) is 0.437. The van der Waals surface area contributed by atoms with Gasteiger partial charge in [0.2, 0.25) is 0 Å². The Kier molecular flexibility index (Phi) is 6.18. The Bertz CT molecular complexity index is 1100. The first-order chi connectivity index (χ1) is 15.4. The van der Waals surface area contributed by atoms with E-state index in [0.29, 0.717) is 18.7 Å². The van der Waals surface area contributed by atoms with Crippen LogP contribution in [0.25, 0.3) is 5.57 Å². The van der Waals surface area contributed by atoms with Gasteiger partial charge in [-0.1, -0.05) is 30.4 Å². The molecule has 3 aliphatic rings. The summed E-state index contributed by atoms with van der Waals surface area (Å²) in [6.07, 6.45) is 10.2. The van der Waals surface area contributed by atoms with Crippen molar-refractivity contribution >= 4 is 33.3 Å². The molecule has 3 aliphatic heterocycles. The molecular weight excluding hydrogens is 477 g/mol. The number of dihydropyridines is 1. The van der Waals surface area contributed by atoms with Crippen LogP contribution in [0, 0.1) is 0 Å². The summed E-state index contributed by atoms with van der Waals surface area (Å²) in [7, 11) is 0. The highest BCUT2D eigenvalue weighted by atomic mass is 79.9. The molecule has 0 bridgehead atoms. The molecule has 2 amide bonds. The van der Waals surface area contributed by atoms with Gasteiger partial charge in [-0.15, -0.1) is 4.48 Å². The first kappa shape index (κ1) is 21.9. The molecular formula is C23H23BrFN5O2. The Morgan fingerprint density at radius 1 is 1.28 bits per heavy atom. The molecule has 1 aromatic rings. The van der Waals surface area contributed by atoms with Crippen LogP contribution in [0.2, 0.25) is 0 Å². The third-order valence-electron chi connectivity index (χ3n) is 5.75. The van der Waals surface area contributed by atoms with Crippen LogP contribution >= 0.6 is 15.9 Å². The average molecular weight is 500 g/mol. The molecule has 0 saturated carbocycles. The molecule has 0 spiro atoms. The van der Waals surface area contributed by atoms with Crippen LogP contribution in [0.3, 0.4) is 0 Å². The van der Waals surface area contributed by atoms with Crippen molar-refractivity contribution in [2.75, 3.05) is 13.1 Å². The summed E-state index contributed by atoms with van der Waals surface area (Å²) < 4.78 is 12.5. The number of halogens is 2. The normalized spacial score (nSPS) is 20.5.